The first-order valence-corrected chi connectivity index (χ1v) is 7.47. The lowest BCUT2D eigenvalue weighted by Crippen LogP contribution is -2.40. The Bertz CT molecular complexity index is 564. The van der Waals surface area contributed by atoms with Crippen LogP contribution in [0.2, 0.25) is 0 Å². The third-order valence-corrected chi connectivity index (χ3v) is 4.69. The Hall–Kier alpha value is -1.35. The van der Waals surface area contributed by atoms with Gasteiger partial charge in [0, 0.05) is 5.41 Å². The summed E-state index contributed by atoms with van der Waals surface area (Å²) >= 11 is 0. The highest BCUT2D eigenvalue weighted by Gasteiger charge is 2.34. The molecule has 0 radical (unpaired) electrons. The second kappa shape index (κ2) is 4.97. The highest BCUT2D eigenvalue weighted by Crippen LogP contribution is 2.35. The van der Waals surface area contributed by atoms with Gasteiger partial charge >= 0.3 is 0 Å². The molecule has 0 bridgehead atoms. The number of piperidine rings is 1. The summed E-state index contributed by atoms with van der Waals surface area (Å²) in [7, 11) is 0. The molecule has 2 N–H and O–H groups in total. The molecule has 2 heterocycles. The van der Waals surface area contributed by atoms with E-state index in [1.54, 1.807) is 0 Å². The van der Waals surface area contributed by atoms with Crippen LogP contribution in [0.15, 0.2) is 18.2 Å². The standard InChI is InChI=1S/C16H23N3/c1-3-12-5-6-13-14(11-12)19-15(18-13)16(4-2)7-9-17-10-8-16/h5-6,11,17H,3-4,7-10H2,1-2H3,(H,18,19). The summed E-state index contributed by atoms with van der Waals surface area (Å²) in [5.74, 6) is 1.19. The van der Waals surface area contributed by atoms with Crippen molar-refractivity contribution < 1.29 is 0 Å². The van der Waals surface area contributed by atoms with E-state index in [0.717, 1.165) is 31.4 Å². The van der Waals surface area contributed by atoms with Crippen molar-refractivity contribution in [2.24, 2.45) is 0 Å². The van der Waals surface area contributed by atoms with Gasteiger partial charge in [-0.1, -0.05) is 19.9 Å². The van der Waals surface area contributed by atoms with Gasteiger partial charge in [0.1, 0.15) is 5.82 Å². The number of aryl methyl sites for hydroxylation is 1. The van der Waals surface area contributed by atoms with E-state index in [9.17, 15) is 0 Å². The molecule has 2 aromatic rings. The van der Waals surface area contributed by atoms with Gasteiger partial charge in [0.15, 0.2) is 0 Å². The Morgan fingerprint density at radius 2 is 2.00 bits per heavy atom. The van der Waals surface area contributed by atoms with Gasteiger partial charge in [0.25, 0.3) is 0 Å². The molecule has 1 aliphatic heterocycles. The lowest BCUT2D eigenvalue weighted by molar-refractivity contribution is 0.285. The molecule has 1 saturated heterocycles. The number of fused-ring (bicyclic) bond motifs is 1. The van der Waals surface area contributed by atoms with Crippen LogP contribution in [0.1, 0.15) is 44.5 Å². The monoisotopic (exact) mass is 257 g/mol. The van der Waals surface area contributed by atoms with E-state index in [-0.39, 0.29) is 5.41 Å². The van der Waals surface area contributed by atoms with Crippen molar-refractivity contribution in [1.82, 2.24) is 15.3 Å². The highest BCUT2D eigenvalue weighted by atomic mass is 15.0. The van der Waals surface area contributed by atoms with Crippen LogP contribution >= 0.6 is 0 Å². The summed E-state index contributed by atoms with van der Waals surface area (Å²) in [4.78, 5) is 8.46. The van der Waals surface area contributed by atoms with Gasteiger partial charge in [0.05, 0.1) is 11.0 Å². The van der Waals surface area contributed by atoms with Crippen molar-refractivity contribution in [3.63, 3.8) is 0 Å². The summed E-state index contributed by atoms with van der Waals surface area (Å²) in [5.41, 5.74) is 3.93. The van der Waals surface area contributed by atoms with Crippen LogP contribution in [0, 0.1) is 0 Å². The summed E-state index contributed by atoms with van der Waals surface area (Å²) < 4.78 is 0. The van der Waals surface area contributed by atoms with E-state index >= 15 is 0 Å². The predicted octanol–water partition coefficient (Wildman–Crippen LogP) is 3.16. The average Bonchev–Trinajstić information content (AvgIpc) is 2.91. The molecular weight excluding hydrogens is 234 g/mol. The third kappa shape index (κ3) is 2.16. The Morgan fingerprint density at radius 1 is 1.21 bits per heavy atom. The molecule has 1 aromatic heterocycles. The van der Waals surface area contributed by atoms with E-state index in [4.69, 9.17) is 4.98 Å². The van der Waals surface area contributed by atoms with Crippen molar-refractivity contribution in [3.05, 3.63) is 29.6 Å². The maximum absolute atomic E-state index is 4.87. The minimum absolute atomic E-state index is 0.247. The number of rotatable bonds is 3. The average molecular weight is 257 g/mol. The SMILES string of the molecule is CCc1ccc2nc(C3(CC)CCNCC3)[nH]c2c1. The summed E-state index contributed by atoms with van der Waals surface area (Å²) in [5, 5.41) is 3.45. The molecular formula is C16H23N3. The summed E-state index contributed by atoms with van der Waals surface area (Å²) in [6.07, 6.45) is 4.61. The highest BCUT2D eigenvalue weighted by molar-refractivity contribution is 5.76. The molecule has 1 fully saturated rings. The van der Waals surface area contributed by atoms with Crippen LogP contribution < -0.4 is 5.32 Å². The number of aromatic amines is 1. The number of H-pyrrole nitrogens is 1. The van der Waals surface area contributed by atoms with Gasteiger partial charge in [-0.05, 0) is 56.5 Å². The molecule has 0 unspecified atom stereocenters. The Morgan fingerprint density at radius 3 is 2.68 bits per heavy atom. The van der Waals surface area contributed by atoms with Crippen LogP contribution in [-0.2, 0) is 11.8 Å². The summed E-state index contributed by atoms with van der Waals surface area (Å²) in [6, 6.07) is 6.59. The maximum atomic E-state index is 4.87. The minimum atomic E-state index is 0.247. The second-order valence-electron chi connectivity index (χ2n) is 5.67. The quantitative estimate of drug-likeness (QED) is 0.886. The number of nitrogens with one attached hydrogen (secondary N) is 2. The lowest BCUT2D eigenvalue weighted by Gasteiger charge is -2.35. The molecule has 3 heteroatoms. The molecule has 102 valence electrons. The number of benzene rings is 1. The first-order valence-electron chi connectivity index (χ1n) is 7.47. The van der Waals surface area contributed by atoms with Gasteiger partial charge in [-0.2, -0.15) is 0 Å². The molecule has 0 amide bonds. The van der Waals surface area contributed by atoms with E-state index in [0.29, 0.717) is 0 Å². The van der Waals surface area contributed by atoms with E-state index in [1.807, 2.05) is 0 Å². The number of aromatic nitrogens is 2. The fraction of sp³-hybridized carbons (Fsp3) is 0.562. The lowest BCUT2D eigenvalue weighted by atomic mass is 9.76. The molecule has 0 spiro atoms. The molecule has 19 heavy (non-hydrogen) atoms. The zero-order valence-electron chi connectivity index (χ0n) is 11.9. The van der Waals surface area contributed by atoms with Crippen molar-refractivity contribution >= 4 is 11.0 Å². The van der Waals surface area contributed by atoms with E-state index in [2.05, 4.69) is 42.3 Å². The van der Waals surface area contributed by atoms with Crippen LogP contribution in [-0.4, -0.2) is 23.1 Å². The fourth-order valence-electron chi connectivity index (χ4n) is 3.19. The minimum Gasteiger partial charge on any atom is -0.341 e. The molecule has 1 aromatic carbocycles. The van der Waals surface area contributed by atoms with E-state index in [1.165, 1.54) is 29.7 Å². The Balaban J connectivity index is 2.03. The first-order chi connectivity index (χ1) is 9.27. The second-order valence-corrected chi connectivity index (χ2v) is 5.67. The molecule has 0 atom stereocenters. The topological polar surface area (TPSA) is 40.7 Å². The molecule has 0 aliphatic carbocycles. The molecule has 1 aliphatic rings. The third-order valence-electron chi connectivity index (χ3n) is 4.69. The van der Waals surface area contributed by atoms with Gasteiger partial charge in [-0.25, -0.2) is 4.98 Å². The molecule has 0 saturated carbocycles. The predicted molar refractivity (Wildman–Crippen MR) is 79.5 cm³/mol. The van der Waals surface area contributed by atoms with Crippen LogP contribution in [0.4, 0.5) is 0 Å². The van der Waals surface area contributed by atoms with Crippen molar-refractivity contribution in [2.45, 2.75) is 44.9 Å². The van der Waals surface area contributed by atoms with Crippen molar-refractivity contribution in [3.8, 4) is 0 Å². The Kier molecular flexibility index (Phi) is 3.31. The van der Waals surface area contributed by atoms with Crippen LogP contribution in [0.25, 0.3) is 11.0 Å². The smallest absolute Gasteiger partial charge is 0.113 e. The number of imidazole rings is 1. The van der Waals surface area contributed by atoms with Crippen LogP contribution in [0.5, 0.6) is 0 Å². The first kappa shape index (κ1) is 12.7. The summed E-state index contributed by atoms with van der Waals surface area (Å²) in [6.45, 7) is 6.69. The maximum Gasteiger partial charge on any atom is 0.113 e. The van der Waals surface area contributed by atoms with Gasteiger partial charge < -0.3 is 10.3 Å². The van der Waals surface area contributed by atoms with Crippen molar-refractivity contribution in [2.75, 3.05) is 13.1 Å². The Labute approximate surface area is 114 Å². The zero-order chi connectivity index (χ0) is 13.3. The number of nitrogens with zero attached hydrogens (tertiary/aromatic N) is 1. The molecule has 3 rings (SSSR count). The largest absolute Gasteiger partial charge is 0.341 e. The fourth-order valence-corrected chi connectivity index (χ4v) is 3.19. The van der Waals surface area contributed by atoms with Crippen LogP contribution in [0.3, 0.4) is 0 Å². The van der Waals surface area contributed by atoms with E-state index < -0.39 is 0 Å². The van der Waals surface area contributed by atoms with Gasteiger partial charge in [0.2, 0.25) is 0 Å². The normalized spacial score (nSPS) is 18.8. The number of hydrogen-bond acceptors (Lipinski definition) is 2. The number of hydrogen-bond donors (Lipinski definition) is 2. The van der Waals surface area contributed by atoms with Gasteiger partial charge in [-0.3, -0.25) is 0 Å². The zero-order valence-corrected chi connectivity index (χ0v) is 11.9. The molecule has 3 nitrogen and oxygen atoms in total. The van der Waals surface area contributed by atoms with Gasteiger partial charge in [-0.15, -0.1) is 0 Å². The van der Waals surface area contributed by atoms with Crippen molar-refractivity contribution in [1.29, 1.82) is 0 Å².